The molecule has 0 spiro atoms. The molecule has 2 N–H and O–H groups in total. The monoisotopic (exact) mass is 217 g/mol. The van der Waals surface area contributed by atoms with Crippen LogP contribution in [0, 0.1) is 0 Å². The maximum Gasteiger partial charge on any atom is 0.0791 e. The highest BCUT2D eigenvalue weighted by atomic mass is 16.3. The van der Waals surface area contributed by atoms with E-state index in [9.17, 15) is 5.11 Å². The van der Waals surface area contributed by atoms with E-state index in [1.54, 1.807) is 0 Å². The molecule has 0 aromatic carbocycles. The van der Waals surface area contributed by atoms with E-state index in [1.165, 1.54) is 0 Å². The summed E-state index contributed by atoms with van der Waals surface area (Å²) < 4.78 is 0. The molecule has 0 fully saturated rings. The molecule has 0 aromatic heterocycles. The first-order valence-corrected chi connectivity index (χ1v) is 5.62. The molecule has 92 valence electrons. The van der Waals surface area contributed by atoms with Gasteiger partial charge in [0.2, 0.25) is 0 Å². The third-order valence-electron chi connectivity index (χ3n) is 2.29. The molecule has 0 saturated heterocycles. The van der Waals surface area contributed by atoms with Crippen LogP contribution in [0.2, 0.25) is 0 Å². The Morgan fingerprint density at radius 3 is 2.20 bits per heavy atom. The third-order valence-corrected chi connectivity index (χ3v) is 2.29. The summed E-state index contributed by atoms with van der Waals surface area (Å²) in [5.41, 5.74) is 0. The molecule has 4 heteroatoms. The van der Waals surface area contributed by atoms with Gasteiger partial charge in [-0.2, -0.15) is 0 Å². The number of nitrogens with one attached hydrogen (secondary N) is 1. The minimum atomic E-state index is -0.276. The van der Waals surface area contributed by atoms with E-state index >= 15 is 0 Å². The molecule has 2 atom stereocenters. The molecule has 0 aromatic rings. The first kappa shape index (κ1) is 14.8. The van der Waals surface area contributed by atoms with Crippen LogP contribution in [0.15, 0.2) is 0 Å². The molecule has 0 amide bonds. The van der Waals surface area contributed by atoms with Gasteiger partial charge in [0.1, 0.15) is 0 Å². The minimum absolute atomic E-state index is 0.276. The number of rotatable bonds is 8. The zero-order valence-electron chi connectivity index (χ0n) is 10.8. The SMILES string of the molecule is CC(CCN(C)C)NCC(O)CN(C)C. The van der Waals surface area contributed by atoms with Crippen LogP contribution in [-0.2, 0) is 0 Å². The molecule has 0 aliphatic rings. The lowest BCUT2D eigenvalue weighted by Gasteiger charge is -2.20. The molecule has 0 saturated carbocycles. The number of likely N-dealkylation sites (N-methyl/N-ethyl adjacent to an activating group) is 1. The fourth-order valence-corrected chi connectivity index (χ4v) is 1.38. The summed E-state index contributed by atoms with van der Waals surface area (Å²) in [7, 11) is 8.10. The Balaban J connectivity index is 3.48. The van der Waals surface area contributed by atoms with Crippen LogP contribution >= 0.6 is 0 Å². The highest BCUT2D eigenvalue weighted by Crippen LogP contribution is 1.93. The maximum absolute atomic E-state index is 9.63. The number of nitrogens with zero attached hydrogens (tertiary/aromatic N) is 2. The fraction of sp³-hybridized carbons (Fsp3) is 1.00. The summed E-state index contributed by atoms with van der Waals surface area (Å²) in [6.07, 6.45) is 0.837. The van der Waals surface area contributed by atoms with Crippen molar-refractivity contribution in [1.29, 1.82) is 0 Å². The Kier molecular flexibility index (Phi) is 7.96. The van der Waals surface area contributed by atoms with Gasteiger partial charge in [-0.3, -0.25) is 0 Å². The van der Waals surface area contributed by atoms with Crippen molar-refractivity contribution in [1.82, 2.24) is 15.1 Å². The lowest BCUT2D eigenvalue weighted by molar-refractivity contribution is 0.131. The Labute approximate surface area is 94.3 Å². The van der Waals surface area contributed by atoms with Crippen molar-refractivity contribution in [2.75, 3.05) is 47.8 Å². The van der Waals surface area contributed by atoms with Crippen LogP contribution in [0.3, 0.4) is 0 Å². The van der Waals surface area contributed by atoms with Crippen LogP contribution in [0.25, 0.3) is 0 Å². The predicted molar refractivity (Wildman–Crippen MR) is 65.2 cm³/mol. The second-order valence-electron chi connectivity index (χ2n) is 4.82. The van der Waals surface area contributed by atoms with E-state index in [4.69, 9.17) is 0 Å². The molecule has 15 heavy (non-hydrogen) atoms. The zero-order valence-corrected chi connectivity index (χ0v) is 10.8. The lowest BCUT2D eigenvalue weighted by atomic mass is 10.2. The molecule has 0 aliphatic heterocycles. The van der Waals surface area contributed by atoms with Crippen molar-refractivity contribution in [3.8, 4) is 0 Å². The second-order valence-corrected chi connectivity index (χ2v) is 4.82. The van der Waals surface area contributed by atoms with Gasteiger partial charge in [0.15, 0.2) is 0 Å². The van der Waals surface area contributed by atoms with Gasteiger partial charge in [-0.1, -0.05) is 0 Å². The zero-order chi connectivity index (χ0) is 11.8. The van der Waals surface area contributed by atoms with Crippen molar-refractivity contribution in [3.63, 3.8) is 0 Å². The summed E-state index contributed by atoms with van der Waals surface area (Å²) in [6.45, 7) is 4.63. The van der Waals surface area contributed by atoms with Crippen LogP contribution < -0.4 is 5.32 Å². The predicted octanol–water partition coefficient (Wildman–Crippen LogP) is -0.161. The first-order valence-electron chi connectivity index (χ1n) is 5.62. The summed E-state index contributed by atoms with van der Waals surface area (Å²) in [4.78, 5) is 4.17. The van der Waals surface area contributed by atoms with Gasteiger partial charge in [-0.25, -0.2) is 0 Å². The Bertz CT molecular complexity index is 151. The van der Waals surface area contributed by atoms with Crippen molar-refractivity contribution in [2.24, 2.45) is 0 Å². The molecule has 0 radical (unpaired) electrons. The average molecular weight is 217 g/mol. The number of aliphatic hydroxyl groups excluding tert-OH is 1. The van der Waals surface area contributed by atoms with Crippen molar-refractivity contribution >= 4 is 0 Å². The van der Waals surface area contributed by atoms with E-state index < -0.39 is 0 Å². The van der Waals surface area contributed by atoms with Gasteiger partial charge >= 0.3 is 0 Å². The van der Waals surface area contributed by atoms with Crippen LogP contribution in [0.5, 0.6) is 0 Å². The molecule has 2 unspecified atom stereocenters. The second kappa shape index (κ2) is 8.05. The normalized spacial score (nSPS) is 16.0. The van der Waals surface area contributed by atoms with E-state index in [-0.39, 0.29) is 6.10 Å². The van der Waals surface area contributed by atoms with Gasteiger partial charge in [0, 0.05) is 19.1 Å². The lowest BCUT2D eigenvalue weighted by Crippen LogP contribution is -2.39. The largest absolute Gasteiger partial charge is 0.390 e. The quantitative estimate of drug-likeness (QED) is 0.592. The maximum atomic E-state index is 9.63. The summed E-state index contributed by atoms with van der Waals surface area (Å²) in [6, 6.07) is 0.462. The molecule has 0 heterocycles. The summed E-state index contributed by atoms with van der Waals surface area (Å²) in [5.74, 6) is 0. The smallest absolute Gasteiger partial charge is 0.0791 e. The van der Waals surface area contributed by atoms with Gasteiger partial charge in [-0.05, 0) is 48.1 Å². The minimum Gasteiger partial charge on any atom is -0.390 e. The molecule has 4 nitrogen and oxygen atoms in total. The highest BCUT2D eigenvalue weighted by Gasteiger charge is 2.07. The van der Waals surface area contributed by atoms with Crippen LogP contribution in [0.4, 0.5) is 0 Å². The Hall–Kier alpha value is -0.160. The topological polar surface area (TPSA) is 38.7 Å². The summed E-state index contributed by atoms with van der Waals surface area (Å²) in [5, 5.41) is 13.0. The summed E-state index contributed by atoms with van der Waals surface area (Å²) >= 11 is 0. The van der Waals surface area contributed by atoms with E-state index in [0.717, 1.165) is 13.0 Å². The number of hydrogen-bond acceptors (Lipinski definition) is 4. The van der Waals surface area contributed by atoms with Gasteiger partial charge < -0.3 is 20.2 Å². The van der Waals surface area contributed by atoms with Gasteiger partial charge in [0.05, 0.1) is 6.10 Å². The Morgan fingerprint density at radius 2 is 1.73 bits per heavy atom. The fourth-order valence-electron chi connectivity index (χ4n) is 1.38. The Morgan fingerprint density at radius 1 is 1.13 bits per heavy atom. The molecule has 0 rings (SSSR count). The van der Waals surface area contributed by atoms with Crippen molar-refractivity contribution in [3.05, 3.63) is 0 Å². The van der Waals surface area contributed by atoms with Crippen LogP contribution in [0.1, 0.15) is 13.3 Å². The third kappa shape index (κ3) is 10.1. The number of aliphatic hydroxyl groups is 1. The molecule has 0 bridgehead atoms. The van der Waals surface area contributed by atoms with Gasteiger partial charge in [0.25, 0.3) is 0 Å². The molecular weight excluding hydrogens is 190 g/mol. The van der Waals surface area contributed by atoms with Crippen molar-refractivity contribution in [2.45, 2.75) is 25.5 Å². The van der Waals surface area contributed by atoms with Crippen molar-refractivity contribution < 1.29 is 5.11 Å². The van der Waals surface area contributed by atoms with E-state index in [2.05, 4.69) is 31.2 Å². The molecule has 0 aliphatic carbocycles. The first-order chi connectivity index (χ1) is 6.91. The van der Waals surface area contributed by atoms with E-state index in [1.807, 2.05) is 19.0 Å². The average Bonchev–Trinajstić information content (AvgIpc) is 2.10. The van der Waals surface area contributed by atoms with E-state index in [0.29, 0.717) is 19.1 Å². The van der Waals surface area contributed by atoms with Crippen LogP contribution in [-0.4, -0.2) is 74.9 Å². The van der Waals surface area contributed by atoms with Gasteiger partial charge in [-0.15, -0.1) is 0 Å². The highest BCUT2D eigenvalue weighted by molar-refractivity contribution is 4.67. The number of hydrogen-bond donors (Lipinski definition) is 2. The molecular formula is C11H27N3O. The standard InChI is InChI=1S/C11H27N3O/c1-10(6-7-13(2)3)12-8-11(15)9-14(4)5/h10-12,15H,6-9H2,1-5H3.